The van der Waals surface area contributed by atoms with Crippen molar-refractivity contribution in [3.8, 4) is 6.07 Å². The van der Waals surface area contributed by atoms with Crippen molar-refractivity contribution >= 4 is 26.8 Å². The lowest BCUT2D eigenvalue weighted by Gasteiger charge is -2.37. The maximum atomic E-state index is 13.5. The molecule has 0 spiro atoms. The minimum atomic E-state index is -3.66. The zero-order valence-electron chi connectivity index (χ0n) is 19.9. The van der Waals surface area contributed by atoms with Crippen LogP contribution in [0, 0.1) is 11.3 Å². The van der Waals surface area contributed by atoms with Crippen LogP contribution in [0.2, 0.25) is 0 Å². The van der Waals surface area contributed by atoms with Gasteiger partial charge >= 0.3 is 0 Å². The number of sulfonamides is 1. The second kappa shape index (κ2) is 11.3. The number of hydrogen-bond acceptors (Lipinski definition) is 7. The minimum Gasteiger partial charge on any atom is -0.771 e. The lowest BCUT2D eigenvalue weighted by atomic mass is 10.1. The second-order valence-corrected chi connectivity index (χ2v) is 11.9. The first-order valence-electron chi connectivity index (χ1n) is 11.7. The van der Waals surface area contributed by atoms with Crippen molar-refractivity contribution in [3.05, 3.63) is 83.4 Å². The standard InChI is InChI=1S/C25H29N5O4S2/c1-2-12-36(33,34)30-17-21-13-20(16-26)8-9-23(21)29(18-22(30)14-19-6-4-3-5-7-19)25(35(31)32)15-24-27-10-11-28-24/h3-11,13,22,25H,2,12,14-15,17-18H2,1H3,(H,27,28)(H,31,32)/p-1/t22-,25?/m1/s1. The van der Waals surface area contributed by atoms with Crippen LogP contribution < -0.4 is 4.90 Å². The molecule has 1 aliphatic heterocycles. The third-order valence-electron chi connectivity index (χ3n) is 6.29. The number of aromatic nitrogens is 2. The highest BCUT2D eigenvalue weighted by molar-refractivity contribution is 7.89. The summed E-state index contributed by atoms with van der Waals surface area (Å²) in [6, 6.07) is 16.1. The molecule has 0 bridgehead atoms. The highest BCUT2D eigenvalue weighted by Gasteiger charge is 2.37. The second-order valence-electron chi connectivity index (χ2n) is 8.77. The highest BCUT2D eigenvalue weighted by Crippen LogP contribution is 2.33. The Morgan fingerprint density at radius 1 is 1.28 bits per heavy atom. The van der Waals surface area contributed by atoms with Gasteiger partial charge in [-0.3, -0.25) is 4.21 Å². The quantitative estimate of drug-likeness (QED) is 0.424. The Kier molecular flexibility index (Phi) is 8.21. The van der Waals surface area contributed by atoms with E-state index in [4.69, 9.17) is 0 Å². The fourth-order valence-corrected chi connectivity index (χ4v) is 7.04. The van der Waals surface area contributed by atoms with Crippen LogP contribution in [0.5, 0.6) is 0 Å². The molecule has 3 aromatic rings. The molecule has 0 amide bonds. The molecule has 9 nitrogen and oxygen atoms in total. The van der Waals surface area contributed by atoms with Crippen molar-refractivity contribution in [2.45, 2.75) is 44.1 Å². The van der Waals surface area contributed by atoms with Crippen LogP contribution in [-0.2, 0) is 40.5 Å². The van der Waals surface area contributed by atoms with E-state index in [-0.39, 0.29) is 25.3 Å². The van der Waals surface area contributed by atoms with Gasteiger partial charge in [-0.2, -0.15) is 9.57 Å². The molecule has 2 aromatic carbocycles. The number of hydrogen-bond donors (Lipinski definition) is 1. The van der Waals surface area contributed by atoms with E-state index >= 15 is 0 Å². The molecule has 0 radical (unpaired) electrons. The van der Waals surface area contributed by atoms with Gasteiger partial charge in [-0.25, -0.2) is 13.4 Å². The Bertz CT molecular complexity index is 1340. The Morgan fingerprint density at radius 3 is 2.69 bits per heavy atom. The number of nitrogens with one attached hydrogen (secondary N) is 1. The first kappa shape index (κ1) is 26.0. The van der Waals surface area contributed by atoms with Crippen LogP contribution in [0.3, 0.4) is 0 Å². The van der Waals surface area contributed by atoms with E-state index in [0.29, 0.717) is 35.5 Å². The first-order valence-corrected chi connectivity index (χ1v) is 14.5. The van der Waals surface area contributed by atoms with Gasteiger partial charge in [0.05, 0.1) is 22.8 Å². The van der Waals surface area contributed by atoms with Gasteiger partial charge in [0.1, 0.15) is 5.82 Å². The van der Waals surface area contributed by atoms with Crippen molar-refractivity contribution in [1.29, 1.82) is 5.26 Å². The van der Waals surface area contributed by atoms with Crippen LogP contribution >= 0.6 is 0 Å². The Balaban J connectivity index is 1.84. The third kappa shape index (κ3) is 5.84. The number of aromatic amines is 1. The molecule has 0 fully saturated rings. The van der Waals surface area contributed by atoms with Crippen LogP contribution in [0.25, 0.3) is 0 Å². The first-order chi connectivity index (χ1) is 17.3. The number of nitriles is 1. The van der Waals surface area contributed by atoms with E-state index < -0.39 is 32.5 Å². The minimum absolute atomic E-state index is 0.0190. The molecular weight excluding hydrogens is 498 g/mol. The maximum Gasteiger partial charge on any atom is 0.214 e. The largest absolute Gasteiger partial charge is 0.771 e. The van der Waals surface area contributed by atoms with Crippen LogP contribution in [0.15, 0.2) is 60.9 Å². The van der Waals surface area contributed by atoms with Gasteiger partial charge in [0.25, 0.3) is 0 Å². The lowest BCUT2D eigenvalue weighted by Crippen LogP contribution is -2.50. The lowest BCUT2D eigenvalue weighted by molar-refractivity contribution is 0.316. The summed E-state index contributed by atoms with van der Waals surface area (Å²) in [6.07, 6.45) is 4.16. The van der Waals surface area contributed by atoms with Gasteiger partial charge in [-0.1, -0.05) is 37.3 Å². The topological polar surface area (TPSA) is 133 Å². The van der Waals surface area contributed by atoms with Crippen molar-refractivity contribution in [1.82, 2.24) is 14.3 Å². The average Bonchev–Trinajstić information content (AvgIpc) is 3.32. The SMILES string of the molecule is CCCS(=O)(=O)N1Cc2cc(C#N)ccc2N(C(Cc2ncc[nH]2)S(=O)[O-])C[C@H]1Cc1ccccc1. The molecule has 190 valence electrons. The number of benzene rings is 2. The van der Waals surface area contributed by atoms with Crippen LogP contribution in [-0.4, -0.2) is 55.2 Å². The summed E-state index contributed by atoms with van der Waals surface area (Å²) in [6.45, 7) is 2.03. The molecule has 0 saturated heterocycles. The molecule has 2 unspecified atom stereocenters. The maximum absolute atomic E-state index is 13.5. The molecule has 11 heteroatoms. The predicted molar refractivity (Wildman–Crippen MR) is 137 cm³/mol. The normalized spacial score (nSPS) is 18.1. The summed E-state index contributed by atoms with van der Waals surface area (Å²) in [7, 11) is -3.66. The fraction of sp³-hybridized carbons (Fsp3) is 0.360. The van der Waals surface area contributed by atoms with E-state index in [1.165, 1.54) is 4.31 Å². The number of imidazole rings is 1. The number of anilines is 1. The molecule has 0 aliphatic carbocycles. The summed E-state index contributed by atoms with van der Waals surface area (Å²) < 4.78 is 53.5. The van der Waals surface area contributed by atoms with Gasteiger partial charge < -0.3 is 14.4 Å². The molecule has 1 N–H and O–H groups in total. The molecule has 2 heterocycles. The summed E-state index contributed by atoms with van der Waals surface area (Å²) in [4.78, 5) is 8.91. The molecule has 1 aromatic heterocycles. The molecular formula is C25H28N5O4S2-. The summed E-state index contributed by atoms with van der Waals surface area (Å²) in [5.41, 5.74) is 2.53. The Labute approximate surface area is 214 Å². The van der Waals surface area contributed by atoms with Gasteiger partial charge in [0.15, 0.2) is 0 Å². The van der Waals surface area contributed by atoms with Crippen LogP contribution in [0.4, 0.5) is 5.69 Å². The number of rotatable bonds is 9. The van der Waals surface area contributed by atoms with Crippen molar-refractivity contribution in [3.63, 3.8) is 0 Å². The number of nitrogens with zero attached hydrogens (tertiary/aromatic N) is 4. The van der Waals surface area contributed by atoms with Gasteiger partial charge in [0, 0.05) is 43.6 Å². The molecule has 36 heavy (non-hydrogen) atoms. The number of fused-ring (bicyclic) bond motifs is 1. The average molecular weight is 527 g/mol. The van der Waals surface area contributed by atoms with E-state index in [9.17, 15) is 22.4 Å². The highest BCUT2D eigenvalue weighted by atomic mass is 32.2. The van der Waals surface area contributed by atoms with E-state index in [1.807, 2.05) is 37.3 Å². The summed E-state index contributed by atoms with van der Waals surface area (Å²) in [5, 5.41) is 8.50. The van der Waals surface area contributed by atoms with Crippen molar-refractivity contribution in [2.75, 3.05) is 17.2 Å². The van der Waals surface area contributed by atoms with Gasteiger partial charge in [-0.15, -0.1) is 0 Å². The Hall–Kier alpha value is -3.04. The monoisotopic (exact) mass is 526 g/mol. The van der Waals surface area contributed by atoms with Gasteiger partial charge in [-0.05, 0) is 53.2 Å². The van der Waals surface area contributed by atoms with Crippen molar-refractivity contribution < 1.29 is 17.2 Å². The molecule has 0 saturated carbocycles. The Morgan fingerprint density at radius 2 is 2.06 bits per heavy atom. The van der Waals surface area contributed by atoms with Crippen molar-refractivity contribution in [2.24, 2.45) is 0 Å². The van der Waals surface area contributed by atoms with E-state index in [1.54, 1.807) is 35.5 Å². The van der Waals surface area contributed by atoms with Gasteiger partial charge in [0.2, 0.25) is 10.0 Å². The van der Waals surface area contributed by atoms with E-state index in [0.717, 1.165) is 5.56 Å². The smallest absolute Gasteiger partial charge is 0.214 e. The summed E-state index contributed by atoms with van der Waals surface area (Å²) in [5.74, 6) is 0.494. The number of H-pyrrole nitrogens is 1. The molecule has 3 atom stereocenters. The third-order valence-corrected chi connectivity index (χ3v) is 9.22. The zero-order valence-corrected chi connectivity index (χ0v) is 21.5. The summed E-state index contributed by atoms with van der Waals surface area (Å²) >= 11 is -2.52. The zero-order chi connectivity index (χ0) is 25.7. The fourth-order valence-electron chi connectivity index (χ4n) is 4.66. The van der Waals surface area contributed by atoms with Crippen LogP contribution in [0.1, 0.15) is 35.9 Å². The van der Waals surface area contributed by atoms with E-state index in [2.05, 4.69) is 16.0 Å². The predicted octanol–water partition coefficient (Wildman–Crippen LogP) is 2.70. The molecule has 4 rings (SSSR count). The molecule has 1 aliphatic rings.